The minimum Gasteiger partial charge on any atom is -0.478 e. The molecule has 2 aromatic rings. The summed E-state index contributed by atoms with van der Waals surface area (Å²) in [6, 6.07) is 4.98. The zero-order valence-electron chi connectivity index (χ0n) is 10.9. The molecule has 6 nitrogen and oxygen atoms in total. The summed E-state index contributed by atoms with van der Waals surface area (Å²) in [7, 11) is 0. The molecule has 1 aromatic heterocycles. The summed E-state index contributed by atoms with van der Waals surface area (Å²) in [5.74, 6) is 0.306. The van der Waals surface area contributed by atoms with Gasteiger partial charge in [-0.2, -0.15) is 4.98 Å². The molecule has 20 heavy (non-hydrogen) atoms. The van der Waals surface area contributed by atoms with Crippen molar-refractivity contribution in [3.8, 4) is 0 Å². The largest absolute Gasteiger partial charge is 0.478 e. The molecule has 2 rings (SSSR count). The minimum absolute atomic E-state index is 0.267. The SMILES string of the molecule is Cc1nc(CCNCc2ccc(C(=O)O)cc2Br)no1. The van der Waals surface area contributed by atoms with Gasteiger partial charge in [-0.1, -0.05) is 27.2 Å². The van der Waals surface area contributed by atoms with Crippen LogP contribution in [0.4, 0.5) is 0 Å². The number of carbonyl (C=O) groups is 1. The first-order valence-corrected chi connectivity index (χ1v) is 6.87. The van der Waals surface area contributed by atoms with Crippen LogP contribution in [0.2, 0.25) is 0 Å². The number of aromatic nitrogens is 2. The fraction of sp³-hybridized carbons (Fsp3) is 0.308. The van der Waals surface area contributed by atoms with Gasteiger partial charge >= 0.3 is 5.97 Å². The lowest BCUT2D eigenvalue weighted by atomic mass is 10.1. The molecular weight excluding hydrogens is 326 g/mol. The zero-order valence-corrected chi connectivity index (χ0v) is 12.5. The summed E-state index contributed by atoms with van der Waals surface area (Å²) in [5.41, 5.74) is 1.27. The van der Waals surface area contributed by atoms with Crippen molar-refractivity contribution in [2.24, 2.45) is 0 Å². The molecule has 0 aliphatic carbocycles. The van der Waals surface area contributed by atoms with Crippen molar-refractivity contribution in [2.75, 3.05) is 6.54 Å². The highest BCUT2D eigenvalue weighted by molar-refractivity contribution is 9.10. The number of hydrogen-bond acceptors (Lipinski definition) is 5. The molecule has 1 aromatic carbocycles. The van der Waals surface area contributed by atoms with Crippen molar-refractivity contribution in [1.82, 2.24) is 15.5 Å². The number of nitrogens with zero attached hydrogens (tertiary/aromatic N) is 2. The lowest BCUT2D eigenvalue weighted by molar-refractivity contribution is 0.0697. The van der Waals surface area contributed by atoms with Gasteiger partial charge in [0.15, 0.2) is 5.82 Å². The molecule has 0 fully saturated rings. The molecule has 1 heterocycles. The molecule has 0 aliphatic heterocycles. The second kappa shape index (κ2) is 6.62. The van der Waals surface area contributed by atoms with E-state index in [1.807, 2.05) is 0 Å². The van der Waals surface area contributed by atoms with Crippen LogP contribution in [0, 0.1) is 6.92 Å². The molecule has 0 saturated heterocycles. The highest BCUT2D eigenvalue weighted by atomic mass is 79.9. The number of carboxylic acid groups (broad SMARTS) is 1. The Morgan fingerprint density at radius 3 is 2.90 bits per heavy atom. The molecule has 0 radical (unpaired) electrons. The Morgan fingerprint density at radius 1 is 1.50 bits per heavy atom. The standard InChI is InChI=1S/C13H14BrN3O3/c1-8-16-12(17-20-8)4-5-15-7-10-3-2-9(13(18)19)6-11(10)14/h2-3,6,15H,4-5,7H2,1H3,(H,18,19). The summed E-state index contributed by atoms with van der Waals surface area (Å²) >= 11 is 3.37. The Balaban J connectivity index is 1.83. The normalized spacial score (nSPS) is 10.7. The average Bonchev–Trinajstić information content (AvgIpc) is 2.81. The van der Waals surface area contributed by atoms with Crippen LogP contribution in [0.5, 0.6) is 0 Å². The molecule has 0 amide bonds. The summed E-state index contributed by atoms with van der Waals surface area (Å²) in [5, 5.41) is 15.9. The van der Waals surface area contributed by atoms with E-state index in [9.17, 15) is 4.79 Å². The molecule has 0 atom stereocenters. The molecular formula is C13H14BrN3O3. The highest BCUT2D eigenvalue weighted by Crippen LogP contribution is 2.18. The third-order valence-electron chi connectivity index (χ3n) is 2.71. The molecule has 7 heteroatoms. The number of aryl methyl sites for hydroxylation is 1. The van der Waals surface area contributed by atoms with Gasteiger partial charge in [0, 0.05) is 30.9 Å². The van der Waals surface area contributed by atoms with Crippen molar-refractivity contribution < 1.29 is 14.4 Å². The summed E-state index contributed by atoms with van der Waals surface area (Å²) in [6.45, 7) is 3.11. The van der Waals surface area contributed by atoms with E-state index in [-0.39, 0.29) is 5.56 Å². The van der Waals surface area contributed by atoms with E-state index < -0.39 is 5.97 Å². The number of carboxylic acids is 1. The van der Waals surface area contributed by atoms with Crippen LogP contribution in [0.3, 0.4) is 0 Å². The number of rotatable bonds is 6. The van der Waals surface area contributed by atoms with Crippen LogP contribution in [-0.2, 0) is 13.0 Å². The Morgan fingerprint density at radius 2 is 2.30 bits per heavy atom. The summed E-state index contributed by atoms with van der Waals surface area (Å²) in [6.07, 6.45) is 0.683. The van der Waals surface area contributed by atoms with E-state index in [2.05, 4.69) is 31.4 Å². The smallest absolute Gasteiger partial charge is 0.335 e. The van der Waals surface area contributed by atoms with Gasteiger partial charge < -0.3 is 14.9 Å². The number of benzene rings is 1. The fourth-order valence-electron chi connectivity index (χ4n) is 1.69. The zero-order chi connectivity index (χ0) is 14.5. The van der Waals surface area contributed by atoms with Crippen LogP contribution >= 0.6 is 15.9 Å². The Hall–Kier alpha value is -1.73. The minimum atomic E-state index is -0.933. The highest BCUT2D eigenvalue weighted by Gasteiger charge is 2.07. The van der Waals surface area contributed by atoms with E-state index >= 15 is 0 Å². The number of aromatic carboxylic acids is 1. The molecule has 0 saturated carbocycles. The lowest BCUT2D eigenvalue weighted by Gasteiger charge is -2.06. The quantitative estimate of drug-likeness (QED) is 0.784. The molecule has 0 bridgehead atoms. The second-order valence-corrected chi connectivity index (χ2v) is 5.12. The monoisotopic (exact) mass is 339 g/mol. The first-order valence-electron chi connectivity index (χ1n) is 6.08. The molecule has 0 spiro atoms. The predicted molar refractivity (Wildman–Crippen MR) is 75.5 cm³/mol. The van der Waals surface area contributed by atoms with Crippen molar-refractivity contribution in [1.29, 1.82) is 0 Å². The van der Waals surface area contributed by atoms with Crippen molar-refractivity contribution in [3.63, 3.8) is 0 Å². The fourth-order valence-corrected chi connectivity index (χ4v) is 2.21. The Kier molecular flexibility index (Phi) is 4.86. The predicted octanol–water partition coefficient (Wildman–Crippen LogP) is 2.17. The van der Waals surface area contributed by atoms with Gasteiger partial charge in [-0.15, -0.1) is 0 Å². The molecule has 106 valence electrons. The van der Waals surface area contributed by atoms with Crippen LogP contribution in [0.1, 0.15) is 27.6 Å². The van der Waals surface area contributed by atoms with Crippen LogP contribution in [0.15, 0.2) is 27.2 Å². The van der Waals surface area contributed by atoms with E-state index in [1.54, 1.807) is 25.1 Å². The Bertz CT molecular complexity index is 613. The van der Waals surface area contributed by atoms with Gasteiger partial charge in [0.2, 0.25) is 5.89 Å². The maximum absolute atomic E-state index is 10.8. The topological polar surface area (TPSA) is 88.2 Å². The summed E-state index contributed by atoms with van der Waals surface area (Å²) in [4.78, 5) is 14.9. The number of halogens is 1. The van der Waals surface area contributed by atoms with E-state index in [0.717, 1.165) is 10.0 Å². The van der Waals surface area contributed by atoms with Gasteiger partial charge in [0.1, 0.15) is 0 Å². The molecule has 2 N–H and O–H groups in total. The van der Waals surface area contributed by atoms with E-state index in [4.69, 9.17) is 9.63 Å². The van der Waals surface area contributed by atoms with Crippen LogP contribution in [-0.4, -0.2) is 27.8 Å². The maximum Gasteiger partial charge on any atom is 0.335 e. The van der Waals surface area contributed by atoms with Crippen LogP contribution < -0.4 is 5.32 Å². The number of hydrogen-bond donors (Lipinski definition) is 2. The molecule has 0 unspecified atom stereocenters. The third kappa shape index (κ3) is 3.88. The van der Waals surface area contributed by atoms with Crippen molar-refractivity contribution >= 4 is 21.9 Å². The Labute approximate surface area is 124 Å². The maximum atomic E-state index is 10.8. The first kappa shape index (κ1) is 14.7. The van der Waals surface area contributed by atoms with Gasteiger partial charge in [-0.05, 0) is 17.7 Å². The van der Waals surface area contributed by atoms with Gasteiger partial charge in [0.25, 0.3) is 0 Å². The van der Waals surface area contributed by atoms with Crippen molar-refractivity contribution in [2.45, 2.75) is 19.9 Å². The van der Waals surface area contributed by atoms with Gasteiger partial charge in [0.05, 0.1) is 5.56 Å². The average molecular weight is 340 g/mol. The number of nitrogens with one attached hydrogen (secondary N) is 1. The van der Waals surface area contributed by atoms with E-state index in [0.29, 0.717) is 31.2 Å². The summed E-state index contributed by atoms with van der Waals surface area (Å²) < 4.78 is 5.66. The van der Waals surface area contributed by atoms with Crippen molar-refractivity contribution in [3.05, 3.63) is 45.5 Å². The second-order valence-electron chi connectivity index (χ2n) is 4.27. The van der Waals surface area contributed by atoms with Gasteiger partial charge in [-0.3, -0.25) is 0 Å². The first-order chi connectivity index (χ1) is 9.56. The third-order valence-corrected chi connectivity index (χ3v) is 3.45. The lowest BCUT2D eigenvalue weighted by Crippen LogP contribution is -2.17. The molecule has 0 aliphatic rings. The van der Waals surface area contributed by atoms with Crippen LogP contribution in [0.25, 0.3) is 0 Å². The van der Waals surface area contributed by atoms with E-state index in [1.165, 1.54) is 0 Å². The van der Waals surface area contributed by atoms with Gasteiger partial charge in [-0.25, -0.2) is 4.79 Å².